The van der Waals surface area contributed by atoms with Gasteiger partial charge >= 0.3 is 0 Å². The molecule has 0 amide bonds. The summed E-state index contributed by atoms with van der Waals surface area (Å²) >= 11 is 0. The molecule has 2 rings (SSSR count). The number of aromatic nitrogens is 4. The predicted molar refractivity (Wildman–Crippen MR) is 44.6 cm³/mol. The van der Waals surface area contributed by atoms with Crippen molar-refractivity contribution in [2.75, 3.05) is 0 Å². The van der Waals surface area contributed by atoms with Crippen LogP contribution in [0.2, 0.25) is 0 Å². The van der Waals surface area contributed by atoms with Gasteiger partial charge < -0.3 is 4.52 Å². The predicted octanol–water partition coefficient (Wildman–Crippen LogP) is 0.593. The zero-order valence-corrected chi connectivity index (χ0v) is 7.08. The van der Waals surface area contributed by atoms with Crippen LogP contribution in [0.5, 0.6) is 0 Å². The molecule has 0 bridgehead atoms. The smallest absolute Gasteiger partial charge is 0.241 e. The minimum Gasteiger partial charge on any atom is -0.338 e. The molecule has 6 nitrogen and oxygen atoms in total. The van der Waals surface area contributed by atoms with Crippen LogP contribution in [0.25, 0.3) is 11.5 Å². The summed E-state index contributed by atoms with van der Waals surface area (Å²) in [7, 11) is 0. The normalized spacial score (nSPS) is 9.64. The maximum Gasteiger partial charge on any atom is 0.241 e. The van der Waals surface area contributed by atoms with Crippen LogP contribution in [0.4, 0.5) is 0 Å². The van der Waals surface area contributed by atoms with Crippen LogP contribution in [0, 0.1) is 11.3 Å². The molecule has 0 atom stereocenters. The highest BCUT2D eigenvalue weighted by Gasteiger charge is 2.08. The molecule has 2 aromatic rings. The SMILES string of the molecule is N#CCc1nc(-c2ccncn2)no1. The first-order valence-corrected chi connectivity index (χ1v) is 3.86. The summed E-state index contributed by atoms with van der Waals surface area (Å²) in [4.78, 5) is 11.7. The molecule has 0 saturated heterocycles. The minimum absolute atomic E-state index is 0.109. The van der Waals surface area contributed by atoms with Crippen LogP contribution >= 0.6 is 0 Å². The van der Waals surface area contributed by atoms with Gasteiger partial charge in [-0.25, -0.2) is 9.97 Å². The Labute approximate surface area is 79.2 Å². The monoisotopic (exact) mass is 187 g/mol. The molecular formula is C8H5N5O. The Morgan fingerprint density at radius 1 is 1.50 bits per heavy atom. The average Bonchev–Trinajstić information content (AvgIpc) is 2.68. The molecule has 0 aliphatic carbocycles. The van der Waals surface area contributed by atoms with E-state index in [0.717, 1.165) is 0 Å². The summed E-state index contributed by atoms with van der Waals surface area (Å²) in [5, 5.41) is 12.1. The van der Waals surface area contributed by atoms with Crippen molar-refractivity contribution in [2.45, 2.75) is 6.42 Å². The van der Waals surface area contributed by atoms with Crippen LogP contribution in [0.3, 0.4) is 0 Å². The fourth-order valence-corrected chi connectivity index (χ4v) is 0.921. The van der Waals surface area contributed by atoms with Crippen LogP contribution < -0.4 is 0 Å². The lowest BCUT2D eigenvalue weighted by Gasteiger charge is -1.88. The van der Waals surface area contributed by atoms with E-state index in [2.05, 4.69) is 20.1 Å². The van der Waals surface area contributed by atoms with Crippen molar-refractivity contribution >= 4 is 0 Å². The van der Waals surface area contributed by atoms with Crippen molar-refractivity contribution in [3.05, 3.63) is 24.5 Å². The molecule has 0 aromatic carbocycles. The number of nitriles is 1. The van der Waals surface area contributed by atoms with E-state index in [1.165, 1.54) is 6.33 Å². The van der Waals surface area contributed by atoms with Crippen molar-refractivity contribution in [2.24, 2.45) is 0 Å². The van der Waals surface area contributed by atoms with E-state index in [9.17, 15) is 0 Å². The standard InChI is InChI=1S/C8H5N5O/c9-3-1-7-12-8(13-14-7)6-2-4-10-5-11-6/h2,4-5H,1H2. The van der Waals surface area contributed by atoms with Crippen LogP contribution in [-0.4, -0.2) is 20.1 Å². The third-order valence-corrected chi connectivity index (χ3v) is 1.51. The van der Waals surface area contributed by atoms with E-state index in [4.69, 9.17) is 9.78 Å². The van der Waals surface area contributed by atoms with E-state index in [1.807, 2.05) is 6.07 Å². The highest BCUT2D eigenvalue weighted by atomic mass is 16.5. The third kappa shape index (κ3) is 1.56. The lowest BCUT2D eigenvalue weighted by Crippen LogP contribution is -1.86. The molecule has 0 radical (unpaired) electrons. The van der Waals surface area contributed by atoms with Crippen molar-refractivity contribution in [3.63, 3.8) is 0 Å². The van der Waals surface area contributed by atoms with Crippen molar-refractivity contribution in [1.82, 2.24) is 20.1 Å². The molecule has 6 heteroatoms. The van der Waals surface area contributed by atoms with Gasteiger partial charge in [-0.15, -0.1) is 0 Å². The Balaban J connectivity index is 2.31. The topological polar surface area (TPSA) is 88.5 Å². The summed E-state index contributed by atoms with van der Waals surface area (Å²) < 4.78 is 4.82. The summed E-state index contributed by atoms with van der Waals surface area (Å²) in [6.07, 6.45) is 3.09. The van der Waals surface area contributed by atoms with E-state index in [-0.39, 0.29) is 6.42 Å². The Hall–Kier alpha value is -2.29. The van der Waals surface area contributed by atoms with Crippen molar-refractivity contribution in [1.29, 1.82) is 5.26 Å². The maximum atomic E-state index is 8.40. The Morgan fingerprint density at radius 2 is 2.43 bits per heavy atom. The molecule has 0 unspecified atom stereocenters. The maximum absolute atomic E-state index is 8.40. The zero-order chi connectivity index (χ0) is 9.80. The Bertz CT molecular complexity index is 458. The number of hydrogen-bond acceptors (Lipinski definition) is 6. The molecule has 68 valence electrons. The van der Waals surface area contributed by atoms with Gasteiger partial charge in [-0.05, 0) is 6.07 Å². The molecule has 0 aliphatic rings. The van der Waals surface area contributed by atoms with Gasteiger partial charge in [0.2, 0.25) is 11.7 Å². The first-order valence-electron chi connectivity index (χ1n) is 3.86. The zero-order valence-electron chi connectivity index (χ0n) is 7.08. The lowest BCUT2D eigenvalue weighted by molar-refractivity contribution is 0.387. The number of nitrogens with zero attached hydrogens (tertiary/aromatic N) is 5. The Kier molecular flexibility index (Phi) is 2.15. The molecule has 0 aliphatic heterocycles. The molecule has 0 fully saturated rings. The quantitative estimate of drug-likeness (QED) is 0.683. The first-order chi connectivity index (χ1) is 6.90. The van der Waals surface area contributed by atoms with Gasteiger partial charge in [-0.2, -0.15) is 10.2 Å². The van der Waals surface area contributed by atoms with E-state index in [0.29, 0.717) is 17.4 Å². The fraction of sp³-hybridized carbons (Fsp3) is 0.125. The van der Waals surface area contributed by atoms with Gasteiger partial charge in [0.15, 0.2) is 0 Å². The molecule has 14 heavy (non-hydrogen) atoms. The molecule has 0 spiro atoms. The van der Waals surface area contributed by atoms with E-state index < -0.39 is 0 Å². The van der Waals surface area contributed by atoms with Gasteiger partial charge in [0, 0.05) is 6.20 Å². The van der Waals surface area contributed by atoms with Crippen LogP contribution in [0.1, 0.15) is 5.89 Å². The second-order valence-electron chi connectivity index (χ2n) is 2.44. The highest BCUT2D eigenvalue weighted by molar-refractivity contribution is 5.46. The number of hydrogen-bond donors (Lipinski definition) is 0. The highest BCUT2D eigenvalue weighted by Crippen LogP contribution is 2.10. The largest absolute Gasteiger partial charge is 0.338 e. The second-order valence-corrected chi connectivity index (χ2v) is 2.44. The first kappa shape index (κ1) is 8.31. The van der Waals surface area contributed by atoms with E-state index in [1.54, 1.807) is 12.3 Å². The molecule has 2 heterocycles. The van der Waals surface area contributed by atoms with E-state index >= 15 is 0 Å². The molecule has 2 aromatic heterocycles. The lowest BCUT2D eigenvalue weighted by atomic mass is 10.4. The second kappa shape index (κ2) is 3.62. The summed E-state index contributed by atoms with van der Waals surface area (Å²) in [6, 6.07) is 3.59. The van der Waals surface area contributed by atoms with Gasteiger partial charge in [0.1, 0.15) is 18.4 Å². The van der Waals surface area contributed by atoms with Gasteiger partial charge in [0.05, 0.1) is 6.07 Å². The van der Waals surface area contributed by atoms with Gasteiger partial charge in [-0.3, -0.25) is 0 Å². The molecule has 0 saturated carbocycles. The minimum atomic E-state index is 0.109. The van der Waals surface area contributed by atoms with Crippen LogP contribution in [-0.2, 0) is 6.42 Å². The van der Waals surface area contributed by atoms with Gasteiger partial charge in [0.25, 0.3) is 0 Å². The number of rotatable bonds is 2. The van der Waals surface area contributed by atoms with Crippen molar-refractivity contribution in [3.8, 4) is 17.6 Å². The third-order valence-electron chi connectivity index (χ3n) is 1.51. The summed E-state index contributed by atoms with van der Waals surface area (Å²) in [5.41, 5.74) is 0.577. The summed E-state index contributed by atoms with van der Waals surface area (Å²) in [6.45, 7) is 0. The Morgan fingerprint density at radius 3 is 3.14 bits per heavy atom. The van der Waals surface area contributed by atoms with Gasteiger partial charge in [-0.1, -0.05) is 5.16 Å². The van der Waals surface area contributed by atoms with Crippen molar-refractivity contribution < 1.29 is 4.52 Å². The molecular weight excluding hydrogens is 182 g/mol. The summed E-state index contributed by atoms with van der Waals surface area (Å²) in [5.74, 6) is 0.666. The molecule has 0 N–H and O–H groups in total. The average molecular weight is 187 g/mol. The fourth-order valence-electron chi connectivity index (χ4n) is 0.921. The van der Waals surface area contributed by atoms with Crippen LogP contribution in [0.15, 0.2) is 23.1 Å².